The van der Waals surface area contributed by atoms with Crippen molar-refractivity contribution in [3.05, 3.63) is 23.8 Å². The van der Waals surface area contributed by atoms with Gasteiger partial charge in [-0.15, -0.1) is 0 Å². The lowest BCUT2D eigenvalue weighted by molar-refractivity contribution is -0.124. The first kappa shape index (κ1) is 15.8. The molecule has 0 aliphatic carbocycles. The third-order valence-corrected chi connectivity index (χ3v) is 2.18. The molecule has 0 saturated carbocycles. The summed E-state index contributed by atoms with van der Waals surface area (Å²) in [5.41, 5.74) is 7.32. The Morgan fingerprint density at radius 1 is 1.15 bits per heavy atom. The Morgan fingerprint density at radius 2 is 1.80 bits per heavy atom. The topological polar surface area (TPSA) is 99.9 Å². The van der Waals surface area contributed by atoms with Crippen LogP contribution in [0.2, 0.25) is 0 Å². The molecule has 3 N–H and O–H groups in total. The summed E-state index contributed by atoms with van der Waals surface area (Å²) in [4.78, 5) is 26.9. The molecule has 7 nitrogen and oxygen atoms in total. The third-order valence-electron chi connectivity index (χ3n) is 2.18. The van der Waals surface area contributed by atoms with Crippen molar-refractivity contribution < 1.29 is 23.9 Å². The Bertz CT molecular complexity index is 476. The Hall–Kier alpha value is -2.28. The zero-order chi connectivity index (χ0) is 15.0. The van der Waals surface area contributed by atoms with Crippen LogP contribution in [0.15, 0.2) is 18.2 Å². The predicted molar refractivity (Wildman–Crippen MR) is 71.4 cm³/mol. The fourth-order valence-corrected chi connectivity index (χ4v) is 1.42. The fraction of sp³-hybridized carbons (Fsp3) is 0.385. The van der Waals surface area contributed by atoms with Crippen molar-refractivity contribution >= 4 is 11.8 Å². The molecule has 2 amide bonds. The average Bonchev–Trinajstić information content (AvgIpc) is 2.40. The molecule has 7 heteroatoms. The third kappa shape index (κ3) is 4.77. The second-order valence-electron chi connectivity index (χ2n) is 3.71. The monoisotopic (exact) mass is 282 g/mol. The van der Waals surface area contributed by atoms with E-state index in [9.17, 15) is 9.59 Å². The summed E-state index contributed by atoms with van der Waals surface area (Å²) >= 11 is 0. The number of rotatable bonds is 8. The summed E-state index contributed by atoms with van der Waals surface area (Å²) in [7, 11) is 0. The highest BCUT2D eigenvalue weighted by atomic mass is 16.7. The van der Waals surface area contributed by atoms with Crippen LogP contribution in [0.3, 0.4) is 0 Å². The smallest absolute Gasteiger partial charge is 0.274 e. The summed E-state index contributed by atoms with van der Waals surface area (Å²) < 4.78 is 10.8. The van der Waals surface area contributed by atoms with Gasteiger partial charge in [0.25, 0.3) is 5.91 Å². The van der Waals surface area contributed by atoms with E-state index < -0.39 is 11.8 Å². The van der Waals surface area contributed by atoms with Crippen molar-refractivity contribution in [1.82, 2.24) is 5.48 Å². The number of hydrogen-bond acceptors (Lipinski definition) is 5. The molecule has 20 heavy (non-hydrogen) atoms. The minimum Gasteiger partial charge on any atom is -0.490 e. The van der Waals surface area contributed by atoms with E-state index in [0.717, 1.165) is 0 Å². The van der Waals surface area contributed by atoms with Gasteiger partial charge in [-0.2, -0.15) is 0 Å². The molecule has 0 unspecified atom stereocenters. The van der Waals surface area contributed by atoms with E-state index in [1.165, 1.54) is 6.07 Å². The SMILES string of the molecule is CCOc1ccc(C(=O)NOCC(N)=O)cc1OCC. The van der Waals surface area contributed by atoms with Gasteiger partial charge >= 0.3 is 0 Å². The van der Waals surface area contributed by atoms with Crippen molar-refractivity contribution in [2.45, 2.75) is 13.8 Å². The molecule has 0 atom stereocenters. The van der Waals surface area contributed by atoms with Crippen molar-refractivity contribution in [3.63, 3.8) is 0 Å². The Balaban J connectivity index is 2.76. The van der Waals surface area contributed by atoms with Crippen LogP contribution in [0.1, 0.15) is 24.2 Å². The van der Waals surface area contributed by atoms with E-state index in [1.54, 1.807) is 12.1 Å². The molecule has 110 valence electrons. The van der Waals surface area contributed by atoms with Gasteiger partial charge in [-0.25, -0.2) is 5.48 Å². The van der Waals surface area contributed by atoms with Crippen molar-refractivity contribution in [2.24, 2.45) is 5.73 Å². The number of primary amides is 1. The molecule has 1 aromatic carbocycles. The van der Waals surface area contributed by atoms with Gasteiger partial charge in [0.1, 0.15) is 0 Å². The van der Waals surface area contributed by atoms with Gasteiger partial charge in [0.2, 0.25) is 5.91 Å². The lowest BCUT2D eigenvalue weighted by Gasteiger charge is -2.12. The number of benzene rings is 1. The number of amides is 2. The minimum atomic E-state index is -0.674. The lowest BCUT2D eigenvalue weighted by atomic mass is 10.2. The minimum absolute atomic E-state index is 0.321. The molecule has 0 fully saturated rings. The molecule has 0 aliphatic rings. The lowest BCUT2D eigenvalue weighted by Crippen LogP contribution is -2.29. The van der Waals surface area contributed by atoms with E-state index in [0.29, 0.717) is 30.3 Å². The Labute approximate surface area is 116 Å². The summed E-state index contributed by atoms with van der Waals surface area (Å²) in [6.45, 7) is 4.24. The summed E-state index contributed by atoms with van der Waals surface area (Å²) in [5, 5.41) is 0. The number of hydrogen-bond donors (Lipinski definition) is 2. The van der Waals surface area contributed by atoms with Gasteiger partial charge in [0, 0.05) is 5.56 Å². The van der Waals surface area contributed by atoms with Crippen LogP contribution in [0.25, 0.3) is 0 Å². The maximum absolute atomic E-state index is 11.8. The maximum atomic E-state index is 11.8. The fourth-order valence-electron chi connectivity index (χ4n) is 1.42. The van der Waals surface area contributed by atoms with Crippen molar-refractivity contribution in [3.8, 4) is 11.5 Å². The number of carbonyl (C=O) groups is 2. The van der Waals surface area contributed by atoms with Crippen LogP contribution in [0.4, 0.5) is 0 Å². The van der Waals surface area contributed by atoms with Crippen LogP contribution < -0.4 is 20.7 Å². The second kappa shape index (κ2) is 8.00. The normalized spacial score (nSPS) is 9.90. The molecular weight excluding hydrogens is 264 g/mol. The molecular formula is C13H18N2O5. The first-order valence-electron chi connectivity index (χ1n) is 6.18. The zero-order valence-corrected chi connectivity index (χ0v) is 11.5. The van der Waals surface area contributed by atoms with Gasteiger partial charge in [0.05, 0.1) is 13.2 Å². The Kier molecular flexibility index (Phi) is 6.31. The molecule has 0 aliphatic heterocycles. The van der Waals surface area contributed by atoms with Gasteiger partial charge in [-0.1, -0.05) is 0 Å². The standard InChI is InChI=1S/C13H18N2O5/c1-3-18-10-6-5-9(7-11(10)19-4-2)13(17)15-20-8-12(14)16/h5-7H,3-4,8H2,1-2H3,(H2,14,16)(H,15,17). The molecule has 1 rings (SSSR count). The maximum Gasteiger partial charge on any atom is 0.274 e. The first-order valence-corrected chi connectivity index (χ1v) is 6.18. The van der Waals surface area contributed by atoms with E-state index in [1.807, 2.05) is 13.8 Å². The predicted octanol–water partition coefficient (Wildman–Crippen LogP) is 0.631. The van der Waals surface area contributed by atoms with Gasteiger partial charge in [-0.3, -0.25) is 14.4 Å². The highest BCUT2D eigenvalue weighted by molar-refractivity contribution is 5.94. The summed E-state index contributed by atoms with van der Waals surface area (Å²) in [6.07, 6.45) is 0. The molecule has 0 aromatic heterocycles. The summed E-state index contributed by atoms with van der Waals surface area (Å²) in [5.74, 6) is -0.150. The molecule has 0 saturated heterocycles. The van der Waals surface area contributed by atoms with Gasteiger partial charge in [-0.05, 0) is 32.0 Å². The quantitative estimate of drug-likeness (QED) is 0.681. The van der Waals surface area contributed by atoms with Crippen molar-refractivity contribution in [2.75, 3.05) is 19.8 Å². The van der Waals surface area contributed by atoms with Crippen LogP contribution in [0.5, 0.6) is 11.5 Å². The summed E-state index contributed by atoms with van der Waals surface area (Å²) in [6, 6.07) is 4.74. The number of nitrogens with one attached hydrogen (secondary N) is 1. The molecule has 0 spiro atoms. The highest BCUT2D eigenvalue weighted by Crippen LogP contribution is 2.28. The number of hydroxylamine groups is 1. The van der Waals surface area contributed by atoms with Gasteiger partial charge in [0.15, 0.2) is 18.1 Å². The van der Waals surface area contributed by atoms with Crippen LogP contribution in [-0.2, 0) is 9.63 Å². The number of ether oxygens (including phenoxy) is 2. The first-order chi connectivity index (χ1) is 9.58. The molecule has 0 radical (unpaired) electrons. The number of nitrogens with two attached hydrogens (primary N) is 1. The highest BCUT2D eigenvalue weighted by Gasteiger charge is 2.11. The van der Waals surface area contributed by atoms with Crippen LogP contribution in [0, 0.1) is 0 Å². The van der Waals surface area contributed by atoms with E-state index in [4.69, 9.17) is 15.2 Å². The second-order valence-corrected chi connectivity index (χ2v) is 3.71. The van der Waals surface area contributed by atoms with Crippen molar-refractivity contribution in [1.29, 1.82) is 0 Å². The zero-order valence-electron chi connectivity index (χ0n) is 11.5. The Morgan fingerprint density at radius 3 is 2.40 bits per heavy atom. The van der Waals surface area contributed by atoms with E-state index in [-0.39, 0.29) is 6.61 Å². The molecule has 0 heterocycles. The van der Waals surface area contributed by atoms with Crippen LogP contribution in [-0.4, -0.2) is 31.6 Å². The molecule has 1 aromatic rings. The number of carbonyl (C=O) groups excluding carboxylic acids is 2. The van der Waals surface area contributed by atoms with Crippen LogP contribution >= 0.6 is 0 Å². The van der Waals surface area contributed by atoms with E-state index in [2.05, 4.69) is 10.3 Å². The molecule has 0 bridgehead atoms. The van der Waals surface area contributed by atoms with Gasteiger partial charge < -0.3 is 15.2 Å². The largest absolute Gasteiger partial charge is 0.490 e. The average molecular weight is 282 g/mol. The van der Waals surface area contributed by atoms with E-state index >= 15 is 0 Å².